The molecular formula is C21H22N2O5S. The number of esters is 1. The lowest BCUT2D eigenvalue weighted by atomic mass is 10.1. The normalized spacial score (nSPS) is 11.4. The number of nitrogens with zero attached hydrogens (tertiary/aromatic N) is 1. The van der Waals surface area contributed by atoms with Crippen molar-refractivity contribution in [2.24, 2.45) is 0 Å². The van der Waals surface area contributed by atoms with Crippen LogP contribution in [-0.2, 0) is 21.2 Å². The van der Waals surface area contributed by atoms with Crippen molar-refractivity contribution in [3.8, 4) is 11.5 Å². The van der Waals surface area contributed by atoms with Crippen LogP contribution in [0.3, 0.4) is 0 Å². The van der Waals surface area contributed by atoms with E-state index in [9.17, 15) is 13.2 Å². The van der Waals surface area contributed by atoms with Crippen LogP contribution in [0.5, 0.6) is 0 Å². The quantitative estimate of drug-likeness (QED) is 0.596. The van der Waals surface area contributed by atoms with Crippen LogP contribution in [0.2, 0.25) is 0 Å². The molecule has 0 atom stereocenters. The Morgan fingerprint density at radius 1 is 1.14 bits per heavy atom. The fraction of sp³-hybridized carbons (Fsp3) is 0.238. The Kier molecular flexibility index (Phi) is 6.14. The lowest BCUT2D eigenvalue weighted by Crippen LogP contribution is -2.26. The van der Waals surface area contributed by atoms with Gasteiger partial charge >= 0.3 is 5.97 Å². The number of benzene rings is 2. The molecular weight excluding hydrogens is 392 g/mol. The Balaban J connectivity index is 1.70. The van der Waals surface area contributed by atoms with Gasteiger partial charge in [0, 0.05) is 18.5 Å². The second-order valence-corrected chi connectivity index (χ2v) is 8.27. The van der Waals surface area contributed by atoms with Gasteiger partial charge in [-0.15, -0.1) is 0 Å². The molecule has 0 bridgehead atoms. The van der Waals surface area contributed by atoms with Crippen LogP contribution in [-0.4, -0.2) is 33.0 Å². The van der Waals surface area contributed by atoms with E-state index in [4.69, 9.17) is 9.15 Å². The minimum Gasteiger partial charge on any atom is -0.465 e. The lowest BCUT2D eigenvalue weighted by molar-refractivity contribution is 0.0599. The Morgan fingerprint density at radius 2 is 1.86 bits per heavy atom. The number of aromatic nitrogens is 1. The van der Waals surface area contributed by atoms with Gasteiger partial charge in [-0.25, -0.2) is 22.9 Å². The molecule has 0 aliphatic rings. The van der Waals surface area contributed by atoms with Crippen LogP contribution >= 0.6 is 0 Å². The number of aryl methyl sites for hydroxylation is 2. The first kappa shape index (κ1) is 20.8. The van der Waals surface area contributed by atoms with E-state index in [1.807, 2.05) is 30.3 Å². The molecule has 29 heavy (non-hydrogen) atoms. The van der Waals surface area contributed by atoms with Crippen molar-refractivity contribution in [3.05, 3.63) is 71.1 Å². The van der Waals surface area contributed by atoms with Gasteiger partial charge in [-0.3, -0.25) is 0 Å². The zero-order chi connectivity index (χ0) is 21.0. The third-order valence-corrected chi connectivity index (χ3v) is 5.95. The molecule has 0 aliphatic heterocycles. The molecule has 0 aliphatic carbocycles. The van der Waals surface area contributed by atoms with Crippen molar-refractivity contribution in [1.29, 1.82) is 0 Å². The summed E-state index contributed by atoms with van der Waals surface area (Å²) in [6.45, 7) is 3.66. The maximum absolute atomic E-state index is 12.6. The standard InChI is InChI=1S/C21H22N2O5S/c1-14-9-10-17(13-18(14)21(24)27-3)29(25,26)22-12-11-19-15(2)28-20(23-19)16-7-5-4-6-8-16/h4-10,13,22H,11-12H2,1-3H3. The van der Waals surface area contributed by atoms with Gasteiger partial charge in [0.15, 0.2) is 0 Å². The summed E-state index contributed by atoms with van der Waals surface area (Å²) >= 11 is 0. The Morgan fingerprint density at radius 3 is 2.55 bits per heavy atom. The molecule has 1 aromatic heterocycles. The molecule has 1 N–H and O–H groups in total. The SMILES string of the molecule is COC(=O)c1cc(S(=O)(=O)NCCc2nc(-c3ccccc3)oc2C)ccc1C. The van der Waals surface area contributed by atoms with Crippen molar-refractivity contribution >= 4 is 16.0 Å². The Hall–Kier alpha value is -2.97. The summed E-state index contributed by atoms with van der Waals surface area (Å²) in [6.07, 6.45) is 0.372. The number of sulfonamides is 1. The van der Waals surface area contributed by atoms with Gasteiger partial charge in [0.05, 0.1) is 23.3 Å². The highest BCUT2D eigenvalue weighted by atomic mass is 32.2. The van der Waals surface area contributed by atoms with Crippen LogP contribution in [0.25, 0.3) is 11.5 Å². The minimum absolute atomic E-state index is 0.00495. The number of carbonyl (C=O) groups excluding carboxylic acids is 1. The average molecular weight is 414 g/mol. The first-order chi connectivity index (χ1) is 13.8. The van der Waals surface area contributed by atoms with E-state index < -0.39 is 16.0 Å². The molecule has 7 nitrogen and oxygen atoms in total. The van der Waals surface area contributed by atoms with Crippen LogP contribution < -0.4 is 4.72 Å². The average Bonchev–Trinajstić information content (AvgIpc) is 3.09. The fourth-order valence-electron chi connectivity index (χ4n) is 2.85. The number of hydrogen-bond donors (Lipinski definition) is 1. The highest BCUT2D eigenvalue weighted by Crippen LogP contribution is 2.22. The summed E-state index contributed by atoms with van der Waals surface area (Å²) in [5.41, 5.74) is 2.40. The van der Waals surface area contributed by atoms with Gasteiger partial charge < -0.3 is 9.15 Å². The van der Waals surface area contributed by atoms with Gasteiger partial charge in [-0.1, -0.05) is 24.3 Å². The largest absolute Gasteiger partial charge is 0.465 e. The highest BCUT2D eigenvalue weighted by Gasteiger charge is 2.19. The first-order valence-electron chi connectivity index (χ1n) is 9.02. The molecule has 3 aromatic rings. The summed E-state index contributed by atoms with van der Waals surface area (Å²) in [5.74, 6) is 0.569. The summed E-state index contributed by atoms with van der Waals surface area (Å²) in [4.78, 5) is 16.3. The van der Waals surface area contributed by atoms with E-state index in [1.165, 1.54) is 19.2 Å². The van der Waals surface area contributed by atoms with Gasteiger partial charge in [0.1, 0.15) is 5.76 Å². The molecule has 2 aromatic carbocycles. The third-order valence-electron chi connectivity index (χ3n) is 4.49. The molecule has 3 rings (SSSR count). The molecule has 0 radical (unpaired) electrons. The van der Waals surface area contributed by atoms with Gasteiger partial charge in [-0.2, -0.15) is 0 Å². The van der Waals surface area contributed by atoms with Crippen LogP contribution in [0.15, 0.2) is 57.8 Å². The number of carbonyl (C=O) groups is 1. The summed E-state index contributed by atoms with van der Waals surface area (Å²) in [7, 11) is -2.53. The van der Waals surface area contributed by atoms with E-state index in [1.54, 1.807) is 19.9 Å². The van der Waals surface area contributed by atoms with Crippen molar-refractivity contribution < 1.29 is 22.4 Å². The third kappa shape index (κ3) is 4.72. The van der Waals surface area contributed by atoms with Crippen LogP contribution in [0.4, 0.5) is 0 Å². The summed E-state index contributed by atoms with van der Waals surface area (Å²) < 4.78 is 38.1. The predicted molar refractivity (Wildman–Crippen MR) is 108 cm³/mol. The molecule has 152 valence electrons. The molecule has 0 amide bonds. The molecule has 0 unspecified atom stereocenters. The van der Waals surface area contributed by atoms with Crippen LogP contribution in [0, 0.1) is 13.8 Å². The van der Waals surface area contributed by atoms with Crippen molar-refractivity contribution in [3.63, 3.8) is 0 Å². The smallest absolute Gasteiger partial charge is 0.338 e. The second kappa shape index (κ2) is 8.59. The molecule has 0 fully saturated rings. The minimum atomic E-state index is -3.79. The summed E-state index contributed by atoms with van der Waals surface area (Å²) in [5, 5.41) is 0. The van der Waals surface area contributed by atoms with Crippen LogP contribution in [0.1, 0.15) is 27.4 Å². The number of oxazole rings is 1. The number of methoxy groups -OCH3 is 1. The maximum Gasteiger partial charge on any atom is 0.338 e. The Bertz CT molecular complexity index is 1120. The molecule has 0 saturated heterocycles. The first-order valence-corrected chi connectivity index (χ1v) is 10.5. The maximum atomic E-state index is 12.6. The molecule has 1 heterocycles. The van der Waals surface area contributed by atoms with E-state index >= 15 is 0 Å². The fourth-order valence-corrected chi connectivity index (χ4v) is 3.91. The zero-order valence-corrected chi connectivity index (χ0v) is 17.2. The number of nitrogens with one attached hydrogen (secondary N) is 1. The molecule has 0 saturated carbocycles. The lowest BCUT2D eigenvalue weighted by Gasteiger charge is -2.09. The zero-order valence-electron chi connectivity index (χ0n) is 16.4. The van der Waals surface area contributed by atoms with Crippen molar-refractivity contribution in [2.75, 3.05) is 13.7 Å². The van der Waals surface area contributed by atoms with E-state index in [0.29, 0.717) is 29.3 Å². The number of ether oxygens (including phenoxy) is 1. The van der Waals surface area contributed by atoms with Gasteiger partial charge in [0.25, 0.3) is 0 Å². The van der Waals surface area contributed by atoms with E-state index in [0.717, 1.165) is 5.56 Å². The number of hydrogen-bond acceptors (Lipinski definition) is 6. The highest BCUT2D eigenvalue weighted by molar-refractivity contribution is 7.89. The van der Waals surface area contributed by atoms with Gasteiger partial charge in [-0.05, 0) is 43.7 Å². The molecule has 8 heteroatoms. The van der Waals surface area contributed by atoms with E-state index in [2.05, 4.69) is 9.71 Å². The van der Waals surface area contributed by atoms with Crippen molar-refractivity contribution in [2.45, 2.75) is 25.2 Å². The van der Waals surface area contributed by atoms with Gasteiger partial charge in [0.2, 0.25) is 15.9 Å². The number of rotatable bonds is 7. The second-order valence-electron chi connectivity index (χ2n) is 6.50. The van der Waals surface area contributed by atoms with E-state index in [-0.39, 0.29) is 17.0 Å². The predicted octanol–water partition coefficient (Wildman–Crippen LogP) is 3.27. The molecule has 0 spiro atoms. The van der Waals surface area contributed by atoms with Crippen molar-refractivity contribution in [1.82, 2.24) is 9.71 Å². The monoisotopic (exact) mass is 414 g/mol. The topological polar surface area (TPSA) is 98.5 Å². The summed E-state index contributed by atoms with van der Waals surface area (Å²) in [6, 6.07) is 13.8. The Labute approximate surface area is 169 Å².